The first kappa shape index (κ1) is 16.9. The van der Waals surface area contributed by atoms with Gasteiger partial charge in [0.1, 0.15) is 0 Å². The Kier molecular flexibility index (Phi) is 5.28. The fourth-order valence-corrected chi connectivity index (χ4v) is 2.66. The quantitative estimate of drug-likeness (QED) is 0.844. The van der Waals surface area contributed by atoms with E-state index in [0.717, 1.165) is 6.42 Å². The van der Waals surface area contributed by atoms with Crippen molar-refractivity contribution in [3.05, 3.63) is 42.7 Å². The van der Waals surface area contributed by atoms with Crippen LogP contribution in [-0.2, 0) is 14.8 Å². The fourth-order valence-electron chi connectivity index (χ4n) is 1.70. The summed E-state index contributed by atoms with van der Waals surface area (Å²) in [6.45, 7) is 3.76. The van der Waals surface area contributed by atoms with Crippen LogP contribution in [0.3, 0.4) is 0 Å². The monoisotopic (exact) mass is 334 g/mol. The van der Waals surface area contributed by atoms with Crippen LogP contribution >= 0.6 is 0 Å². The minimum atomic E-state index is -3.77. The first-order valence-corrected chi connectivity index (χ1v) is 8.61. The molecule has 2 aromatic rings. The molecule has 0 spiro atoms. The Balaban J connectivity index is 2.11. The molecule has 0 radical (unpaired) electrons. The highest BCUT2D eigenvalue weighted by atomic mass is 32.2. The van der Waals surface area contributed by atoms with Gasteiger partial charge in [-0.25, -0.2) is 23.1 Å². The van der Waals surface area contributed by atoms with Crippen LogP contribution in [0.15, 0.2) is 47.6 Å². The van der Waals surface area contributed by atoms with Gasteiger partial charge in [0.2, 0.25) is 11.9 Å². The van der Waals surface area contributed by atoms with Gasteiger partial charge in [0.15, 0.2) is 0 Å². The van der Waals surface area contributed by atoms with E-state index in [1.807, 2.05) is 13.8 Å². The number of carbonyl (C=O) groups is 1. The minimum Gasteiger partial charge on any atom is -0.326 e. The largest absolute Gasteiger partial charge is 0.326 e. The number of carbonyl (C=O) groups excluding carboxylic acids is 1. The fraction of sp³-hybridized carbons (Fsp3) is 0.267. The van der Waals surface area contributed by atoms with Gasteiger partial charge >= 0.3 is 0 Å². The van der Waals surface area contributed by atoms with Crippen LogP contribution in [0.1, 0.15) is 20.3 Å². The lowest BCUT2D eigenvalue weighted by Gasteiger charge is -2.11. The average molecular weight is 334 g/mol. The Bertz CT molecular complexity index is 761. The average Bonchev–Trinajstić information content (AvgIpc) is 2.55. The highest BCUT2D eigenvalue weighted by molar-refractivity contribution is 7.92. The Morgan fingerprint density at radius 2 is 1.78 bits per heavy atom. The zero-order valence-corrected chi connectivity index (χ0v) is 13.7. The third-order valence-electron chi connectivity index (χ3n) is 3.28. The molecule has 0 fully saturated rings. The highest BCUT2D eigenvalue weighted by Crippen LogP contribution is 2.17. The summed E-state index contributed by atoms with van der Waals surface area (Å²) in [5, 5.41) is 2.74. The summed E-state index contributed by atoms with van der Waals surface area (Å²) in [5.74, 6) is -0.198. The Hall–Kier alpha value is -2.48. The van der Waals surface area contributed by atoms with Gasteiger partial charge in [-0.3, -0.25) is 4.79 Å². The number of benzene rings is 1. The number of amides is 1. The number of nitrogens with one attached hydrogen (secondary N) is 2. The molecule has 7 nitrogen and oxygen atoms in total. The highest BCUT2D eigenvalue weighted by Gasteiger charge is 2.16. The second-order valence-corrected chi connectivity index (χ2v) is 6.68. The normalized spacial score (nSPS) is 12.4. The lowest BCUT2D eigenvalue weighted by atomic mass is 10.1. The summed E-state index contributed by atoms with van der Waals surface area (Å²) in [5.41, 5.74) is 0.546. The summed E-state index contributed by atoms with van der Waals surface area (Å²) in [4.78, 5) is 19.5. The van der Waals surface area contributed by atoms with Gasteiger partial charge in [0.25, 0.3) is 10.0 Å². The molecular formula is C15H18N4O3S. The number of anilines is 2. The van der Waals surface area contributed by atoms with Crippen LogP contribution < -0.4 is 10.0 Å². The molecule has 0 aliphatic rings. The van der Waals surface area contributed by atoms with Crippen LogP contribution in [0.2, 0.25) is 0 Å². The third kappa shape index (κ3) is 4.49. The van der Waals surface area contributed by atoms with Gasteiger partial charge in [-0.1, -0.05) is 13.8 Å². The molecule has 0 unspecified atom stereocenters. The molecule has 1 heterocycles. The molecule has 0 aliphatic heterocycles. The maximum atomic E-state index is 12.2. The van der Waals surface area contributed by atoms with Crippen molar-refractivity contribution in [2.45, 2.75) is 25.2 Å². The molecule has 0 aliphatic carbocycles. The number of rotatable bonds is 6. The van der Waals surface area contributed by atoms with E-state index in [4.69, 9.17) is 0 Å². The summed E-state index contributed by atoms with van der Waals surface area (Å²) in [6, 6.07) is 7.50. The zero-order valence-electron chi connectivity index (χ0n) is 12.9. The van der Waals surface area contributed by atoms with Gasteiger partial charge in [-0.05, 0) is 36.8 Å². The molecule has 1 atom stereocenters. The van der Waals surface area contributed by atoms with Gasteiger partial charge in [-0.15, -0.1) is 0 Å². The zero-order chi connectivity index (χ0) is 16.9. The van der Waals surface area contributed by atoms with Crippen molar-refractivity contribution in [1.82, 2.24) is 9.97 Å². The molecular weight excluding hydrogens is 316 g/mol. The minimum absolute atomic E-state index is 0.00153. The summed E-state index contributed by atoms with van der Waals surface area (Å²) in [6.07, 6.45) is 3.62. The van der Waals surface area contributed by atoms with E-state index in [0.29, 0.717) is 5.69 Å². The first-order chi connectivity index (χ1) is 10.9. The Morgan fingerprint density at radius 3 is 2.35 bits per heavy atom. The molecule has 1 amide bonds. The number of hydrogen-bond donors (Lipinski definition) is 2. The summed E-state index contributed by atoms with van der Waals surface area (Å²) < 4.78 is 26.7. The molecule has 2 rings (SSSR count). The predicted molar refractivity (Wildman–Crippen MR) is 87.4 cm³/mol. The maximum absolute atomic E-state index is 12.2. The molecule has 0 saturated heterocycles. The molecule has 122 valence electrons. The van der Waals surface area contributed by atoms with Gasteiger partial charge in [-0.2, -0.15) is 0 Å². The summed E-state index contributed by atoms with van der Waals surface area (Å²) >= 11 is 0. The van der Waals surface area contributed by atoms with Crippen LogP contribution in [0.25, 0.3) is 0 Å². The molecule has 1 aromatic carbocycles. The molecule has 8 heteroatoms. The topological polar surface area (TPSA) is 101 Å². The number of sulfonamides is 1. The van der Waals surface area contributed by atoms with Crippen LogP contribution in [0.4, 0.5) is 11.6 Å². The lowest BCUT2D eigenvalue weighted by molar-refractivity contribution is -0.119. The van der Waals surface area contributed by atoms with E-state index in [-0.39, 0.29) is 22.7 Å². The second-order valence-electron chi connectivity index (χ2n) is 5.00. The van der Waals surface area contributed by atoms with Gasteiger partial charge in [0, 0.05) is 24.0 Å². The van der Waals surface area contributed by atoms with Crippen molar-refractivity contribution in [2.75, 3.05) is 10.0 Å². The van der Waals surface area contributed by atoms with Crippen molar-refractivity contribution in [3.8, 4) is 0 Å². The standard InChI is InChI=1S/C15H18N4O3S/c1-3-11(2)14(20)18-12-5-7-13(8-6-12)23(21,22)19-15-16-9-4-10-17-15/h4-11H,3H2,1-2H3,(H,18,20)(H,16,17,19)/t11-/m1/s1. The van der Waals surface area contributed by atoms with E-state index in [1.54, 1.807) is 18.2 Å². The van der Waals surface area contributed by atoms with Crippen molar-refractivity contribution >= 4 is 27.6 Å². The van der Waals surface area contributed by atoms with Gasteiger partial charge < -0.3 is 5.32 Å². The van der Waals surface area contributed by atoms with Crippen molar-refractivity contribution in [1.29, 1.82) is 0 Å². The van der Waals surface area contributed by atoms with E-state index in [1.165, 1.54) is 24.5 Å². The SMILES string of the molecule is CC[C@@H](C)C(=O)Nc1ccc(S(=O)(=O)Nc2ncccn2)cc1. The van der Waals surface area contributed by atoms with E-state index in [9.17, 15) is 13.2 Å². The third-order valence-corrected chi connectivity index (χ3v) is 4.63. The van der Waals surface area contributed by atoms with Crippen LogP contribution in [0, 0.1) is 5.92 Å². The maximum Gasteiger partial charge on any atom is 0.264 e. The van der Waals surface area contributed by atoms with Crippen molar-refractivity contribution < 1.29 is 13.2 Å². The number of hydrogen-bond acceptors (Lipinski definition) is 5. The van der Waals surface area contributed by atoms with E-state index in [2.05, 4.69) is 20.0 Å². The van der Waals surface area contributed by atoms with E-state index < -0.39 is 10.0 Å². The number of aromatic nitrogens is 2. The van der Waals surface area contributed by atoms with Crippen molar-refractivity contribution in [2.24, 2.45) is 5.92 Å². The Labute approximate surface area is 135 Å². The smallest absolute Gasteiger partial charge is 0.264 e. The molecule has 1 aromatic heterocycles. The summed E-state index contributed by atoms with van der Waals surface area (Å²) in [7, 11) is -3.77. The second kappa shape index (κ2) is 7.19. The van der Waals surface area contributed by atoms with Crippen LogP contribution in [-0.4, -0.2) is 24.3 Å². The molecule has 23 heavy (non-hydrogen) atoms. The Morgan fingerprint density at radius 1 is 1.17 bits per heavy atom. The molecule has 0 bridgehead atoms. The number of nitrogens with zero attached hydrogens (tertiary/aromatic N) is 2. The molecule has 2 N–H and O–H groups in total. The van der Waals surface area contributed by atoms with Gasteiger partial charge in [0.05, 0.1) is 4.90 Å². The van der Waals surface area contributed by atoms with Crippen LogP contribution in [0.5, 0.6) is 0 Å². The predicted octanol–water partition coefficient (Wildman–Crippen LogP) is 2.26. The van der Waals surface area contributed by atoms with Crippen molar-refractivity contribution in [3.63, 3.8) is 0 Å². The molecule has 0 saturated carbocycles. The lowest BCUT2D eigenvalue weighted by Crippen LogP contribution is -2.19. The van der Waals surface area contributed by atoms with E-state index >= 15 is 0 Å². The first-order valence-electron chi connectivity index (χ1n) is 7.13.